The normalized spacial score (nSPS) is 11.4. The second kappa shape index (κ2) is 7.36. The summed E-state index contributed by atoms with van der Waals surface area (Å²) in [6, 6.07) is 8.16. The Morgan fingerprint density at radius 3 is 2.26 bits per heavy atom. The van der Waals surface area contributed by atoms with Crippen LogP contribution in [-0.2, 0) is 0 Å². The molecular formula is C15H26N2O2. The van der Waals surface area contributed by atoms with Crippen LogP contribution in [0.1, 0.15) is 20.8 Å². The van der Waals surface area contributed by atoms with E-state index < -0.39 is 0 Å². The molecule has 108 valence electrons. The van der Waals surface area contributed by atoms with Crippen molar-refractivity contribution in [3.63, 3.8) is 0 Å². The highest BCUT2D eigenvalue weighted by molar-refractivity contribution is 5.55. The van der Waals surface area contributed by atoms with Crippen LogP contribution in [0.2, 0.25) is 0 Å². The molecule has 19 heavy (non-hydrogen) atoms. The number of benzene rings is 1. The van der Waals surface area contributed by atoms with E-state index >= 15 is 0 Å². The third-order valence-corrected chi connectivity index (χ3v) is 3.18. The first-order valence-electron chi connectivity index (χ1n) is 6.83. The van der Waals surface area contributed by atoms with Gasteiger partial charge >= 0.3 is 0 Å². The maximum absolute atomic E-state index is 9.21. The third-order valence-electron chi connectivity index (χ3n) is 3.18. The Hall–Kier alpha value is -1.26. The van der Waals surface area contributed by atoms with Crippen molar-refractivity contribution in [1.82, 2.24) is 0 Å². The second-order valence-corrected chi connectivity index (χ2v) is 5.53. The molecular weight excluding hydrogens is 240 g/mol. The van der Waals surface area contributed by atoms with Gasteiger partial charge in [0.1, 0.15) is 0 Å². The highest BCUT2D eigenvalue weighted by Crippen LogP contribution is 2.20. The van der Waals surface area contributed by atoms with Crippen LogP contribution >= 0.6 is 0 Å². The molecule has 1 aromatic rings. The van der Waals surface area contributed by atoms with Gasteiger partial charge in [0.2, 0.25) is 0 Å². The number of hydrogen-bond acceptors (Lipinski definition) is 4. The summed E-state index contributed by atoms with van der Waals surface area (Å²) in [5.41, 5.74) is 2.04. The summed E-state index contributed by atoms with van der Waals surface area (Å²) in [4.78, 5) is 2.13. The summed E-state index contributed by atoms with van der Waals surface area (Å²) >= 11 is 0. The standard InChI is InChI=1S/C15H26N2O2/c1-4-17(9-10-18)14-7-5-13(6-8-14)16-11-15(2,3)12-19/h5-8,16,18-19H,4,9-12H2,1-3H3. The van der Waals surface area contributed by atoms with Crippen molar-refractivity contribution in [2.24, 2.45) is 5.41 Å². The van der Waals surface area contributed by atoms with Crippen molar-refractivity contribution in [3.05, 3.63) is 24.3 Å². The summed E-state index contributed by atoms with van der Waals surface area (Å²) in [6.07, 6.45) is 0. The van der Waals surface area contributed by atoms with Crippen LogP contribution in [0.15, 0.2) is 24.3 Å². The van der Waals surface area contributed by atoms with Crippen LogP contribution in [0, 0.1) is 5.41 Å². The Morgan fingerprint density at radius 2 is 1.79 bits per heavy atom. The maximum Gasteiger partial charge on any atom is 0.0606 e. The van der Waals surface area contributed by atoms with Crippen LogP contribution in [0.25, 0.3) is 0 Å². The Morgan fingerprint density at radius 1 is 1.16 bits per heavy atom. The maximum atomic E-state index is 9.21. The van der Waals surface area contributed by atoms with Gasteiger partial charge in [-0.25, -0.2) is 0 Å². The summed E-state index contributed by atoms with van der Waals surface area (Å²) in [5.74, 6) is 0. The van der Waals surface area contributed by atoms with E-state index in [4.69, 9.17) is 5.11 Å². The lowest BCUT2D eigenvalue weighted by molar-refractivity contribution is 0.171. The van der Waals surface area contributed by atoms with Gasteiger partial charge in [-0.1, -0.05) is 13.8 Å². The zero-order chi connectivity index (χ0) is 14.3. The number of likely N-dealkylation sites (N-methyl/N-ethyl adjacent to an activating group) is 1. The SMILES string of the molecule is CCN(CCO)c1ccc(NCC(C)(C)CO)cc1. The van der Waals surface area contributed by atoms with Gasteiger partial charge in [0.05, 0.1) is 6.61 Å². The smallest absolute Gasteiger partial charge is 0.0606 e. The molecule has 0 aromatic heterocycles. The Labute approximate surface area is 116 Å². The van der Waals surface area contributed by atoms with Gasteiger partial charge in [-0.3, -0.25) is 0 Å². The molecule has 0 saturated heterocycles. The van der Waals surface area contributed by atoms with Crippen molar-refractivity contribution in [2.75, 3.05) is 43.1 Å². The minimum Gasteiger partial charge on any atom is -0.396 e. The molecule has 0 unspecified atom stereocenters. The van der Waals surface area contributed by atoms with Crippen molar-refractivity contribution < 1.29 is 10.2 Å². The summed E-state index contributed by atoms with van der Waals surface area (Å²) < 4.78 is 0. The third kappa shape index (κ3) is 5.09. The molecule has 0 saturated carbocycles. The highest BCUT2D eigenvalue weighted by atomic mass is 16.3. The monoisotopic (exact) mass is 266 g/mol. The second-order valence-electron chi connectivity index (χ2n) is 5.53. The van der Waals surface area contributed by atoms with E-state index in [2.05, 4.69) is 17.1 Å². The van der Waals surface area contributed by atoms with E-state index in [1.54, 1.807) is 0 Å². The summed E-state index contributed by atoms with van der Waals surface area (Å²) in [5, 5.41) is 21.5. The molecule has 4 nitrogen and oxygen atoms in total. The fourth-order valence-electron chi connectivity index (χ4n) is 1.78. The van der Waals surface area contributed by atoms with Crippen LogP contribution in [-0.4, -0.2) is 43.1 Å². The molecule has 0 heterocycles. The van der Waals surface area contributed by atoms with Crippen molar-refractivity contribution >= 4 is 11.4 Å². The van der Waals surface area contributed by atoms with E-state index in [-0.39, 0.29) is 18.6 Å². The Bertz CT molecular complexity index is 363. The zero-order valence-corrected chi connectivity index (χ0v) is 12.2. The highest BCUT2D eigenvalue weighted by Gasteiger charge is 2.15. The van der Waals surface area contributed by atoms with Crippen LogP contribution < -0.4 is 10.2 Å². The first kappa shape index (κ1) is 15.8. The fourth-order valence-corrected chi connectivity index (χ4v) is 1.78. The fraction of sp³-hybridized carbons (Fsp3) is 0.600. The average molecular weight is 266 g/mol. The van der Waals surface area contributed by atoms with E-state index in [0.29, 0.717) is 6.54 Å². The number of rotatable bonds is 8. The van der Waals surface area contributed by atoms with Gasteiger partial charge in [-0.2, -0.15) is 0 Å². The number of aliphatic hydroxyl groups is 2. The average Bonchev–Trinajstić information content (AvgIpc) is 2.43. The first-order chi connectivity index (χ1) is 9.02. The number of hydrogen-bond donors (Lipinski definition) is 3. The molecule has 0 radical (unpaired) electrons. The van der Waals surface area contributed by atoms with Gasteiger partial charge in [0.15, 0.2) is 0 Å². The zero-order valence-electron chi connectivity index (χ0n) is 12.2. The molecule has 0 bridgehead atoms. The number of aliphatic hydroxyl groups excluding tert-OH is 2. The van der Waals surface area contributed by atoms with E-state index in [1.165, 1.54) is 0 Å². The topological polar surface area (TPSA) is 55.7 Å². The van der Waals surface area contributed by atoms with Gasteiger partial charge in [0, 0.05) is 43.0 Å². The molecule has 0 amide bonds. The van der Waals surface area contributed by atoms with Crippen molar-refractivity contribution in [2.45, 2.75) is 20.8 Å². The predicted molar refractivity (Wildman–Crippen MR) is 80.8 cm³/mol. The quantitative estimate of drug-likeness (QED) is 0.673. The van der Waals surface area contributed by atoms with Gasteiger partial charge < -0.3 is 20.4 Å². The molecule has 0 aliphatic heterocycles. The molecule has 0 aliphatic rings. The minimum atomic E-state index is -0.120. The van der Waals surface area contributed by atoms with Crippen LogP contribution in [0.4, 0.5) is 11.4 Å². The number of anilines is 2. The van der Waals surface area contributed by atoms with Gasteiger partial charge in [0.25, 0.3) is 0 Å². The summed E-state index contributed by atoms with van der Waals surface area (Å²) in [7, 11) is 0. The lowest BCUT2D eigenvalue weighted by Crippen LogP contribution is -2.27. The molecule has 1 aromatic carbocycles. The van der Waals surface area contributed by atoms with Crippen molar-refractivity contribution in [1.29, 1.82) is 0 Å². The van der Waals surface area contributed by atoms with Crippen LogP contribution in [0.5, 0.6) is 0 Å². The molecule has 1 rings (SSSR count). The molecule has 0 spiro atoms. The Kier molecular flexibility index (Phi) is 6.12. The lowest BCUT2D eigenvalue weighted by Gasteiger charge is -2.24. The Balaban J connectivity index is 2.61. The van der Waals surface area contributed by atoms with Crippen molar-refractivity contribution in [3.8, 4) is 0 Å². The number of nitrogens with one attached hydrogen (secondary N) is 1. The largest absolute Gasteiger partial charge is 0.396 e. The van der Waals surface area contributed by atoms with E-state index in [9.17, 15) is 5.11 Å². The molecule has 3 N–H and O–H groups in total. The minimum absolute atomic E-state index is 0.120. The first-order valence-corrected chi connectivity index (χ1v) is 6.83. The van der Waals surface area contributed by atoms with Gasteiger partial charge in [-0.05, 0) is 31.2 Å². The van der Waals surface area contributed by atoms with Gasteiger partial charge in [-0.15, -0.1) is 0 Å². The molecule has 0 atom stereocenters. The van der Waals surface area contributed by atoms with Crippen LogP contribution in [0.3, 0.4) is 0 Å². The molecule has 0 fully saturated rings. The molecule has 4 heteroatoms. The van der Waals surface area contributed by atoms with E-state index in [0.717, 1.165) is 24.5 Å². The lowest BCUT2D eigenvalue weighted by atomic mass is 9.95. The molecule has 0 aliphatic carbocycles. The summed E-state index contributed by atoms with van der Waals surface area (Å²) in [6.45, 7) is 8.72. The number of nitrogens with zero attached hydrogens (tertiary/aromatic N) is 1. The predicted octanol–water partition coefficient (Wildman–Crippen LogP) is 1.94. The van der Waals surface area contributed by atoms with E-state index in [1.807, 2.05) is 38.1 Å².